The lowest BCUT2D eigenvalue weighted by molar-refractivity contribution is -0.120. The summed E-state index contributed by atoms with van der Waals surface area (Å²) in [5.41, 5.74) is 3.35. The Bertz CT molecular complexity index is 1120. The maximum atomic E-state index is 12.6. The summed E-state index contributed by atoms with van der Waals surface area (Å²) in [6, 6.07) is 18.3. The first-order valence-corrected chi connectivity index (χ1v) is 11.2. The highest BCUT2D eigenvalue weighted by Crippen LogP contribution is 2.29. The lowest BCUT2D eigenvalue weighted by Gasteiger charge is -2.27. The van der Waals surface area contributed by atoms with Gasteiger partial charge in [0.2, 0.25) is 5.91 Å². The number of amides is 1. The van der Waals surface area contributed by atoms with Crippen molar-refractivity contribution in [3.05, 3.63) is 59.7 Å². The van der Waals surface area contributed by atoms with Gasteiger partial charge in [0.25, 0.3) is 0 Å². The van der Waals surface area contributed by atoms with E-state index in [1.165, 1.54) is 22.9 Å². The Hall–Kier alpha value is -3.11. The summed E-state index contributed by atoms with van der Waals surface area (Å²) in [6.07, 6.45) is 0. The summed E-state index contributed by atoms with van der Waals surface area (Å²) in [4.78, 5) is 12.6. The van der Waals surface area contributed by atoms with Crippen LogP contribution in [0.3, 0.4) is 0 Å². The molecular weight excluding hydrogens is 406 g/mol. The molecule has 31 heavy (non-hydrogen) atoms. The van der Waals surface area contributed by atoms with Crippen molar-refractivity contribution in [1.82, 2.24) is 20.1 Å². The first-order valence-electron chi connectivity index (χ1n) is 10.2. The maximum absolute atomic E-state index is 12.6. The van der Waals surface area contributed by atoms with E-state index in [-0.39, 0.29) is 17.6 Å². The number of benzene rings is 2. The van der Waals surface area contributed by atoms with E-state index >= 15 is 0 Å². The van der Waals surface area contributed by atoms with Gasteiger partial charge in [-0.05, 0) is 49.9 Å². The highest BCUT2D eigenvalue weighted by atomic mass is 32.2. The molecule has 160 valence electrons. The highest BCUT2D eigenvalue weighted by molar-refractivity contribution is 7.99. The first kappa shape index (κ1) is 22.6. The summed E-state index contributed by atoms with van der Waals surface area (Å²) in [6.45, 7) is 9.72. The minimum Gasteiger partial charge on any atom is -0.337 e. The van der Waals surface area contributed by atoms with Gasteiger partial charge in [-0.25, -0.2) is 0 Å². The smallest absolute Gasteiger partial charge is 0.231 e. The summed E-state index contributed by atoms with van der Waals surface area (Å²) < 4.78 is 1.98. The molecule has 1 amide bonds. The molecule has 3 rings (SSSR count). The molecule has 2 aromatic carbocycles. The fourth-order valence-corrected chi connectivity index (χ4v) is 3.74. The zero-order valence-electron chi connectivity index (χ0n) is 18.5. The van der Waals surface area contributed by atoms with Crippen molar-refractivity contribution in [3.63, 3.8) is 0 Å². The third-order valence-corrected chi connectivity index (χ3v) is 6.46. The largest absolute Gasteiger partial charge is 0.337 e. The lowest BCUT2D eigenvalue weighted by atomic mass is 9.90. The number of aryl methyl sites for hydroxylation is 2. The van der Waals surface area contributed by atoms with Gasteiger partial charge in [-0.15, -0.1) is 10.2 Å². The lowest BCUT2D eigenvalue weighted by Crippen LogP contribution is -2.49. The third kappa shape index (κ3) is 4.97. The van der Waals surface area contributed by atoms with Crippen LogP contribution in [0.25, 0.3) is 17.1 Å². The van der Waals surface area contributed by atoms with Gasteiger partial charge < -0.3 is 5.32 Å². The van der Waals surface area contributed by atoms with Crippen LogP contribution in [0.5, 0.6) is 0 Å². The molecule has 3 aromatic rings. The molecule has 0 saturated heterocycles. The minimum atomic E-state index is -0.908. The Morgan fingerprint density at radius 1 is 1.16 bits per heavy atom. The van der Waals surface area contributed by atoms with Crippen LogP contribution in [-0.4, -0.2) is 32.0 Å². The molecule has 1 N–H and O–H groups in total. The van der Waals surface area contributed by atoms with E-state index < -0.39 is 5.54 Å². The number of hydrogen-bond acceptors (Lipinski definition) is 5. The molecule has 1 heterocycles. The second kappa shape index (κ2) is 9.36. The molecule has 0 aliphatic heterocycles. The predicted molar refractivity (Wildman–Crippen MR) is 124 cm³/mol. The Morgan fingerprint density at radius 2 is 1.87 bits per heavy atom. The van der Waals surface area contributed by atoms with Crippen LogP contribution in [-0.2, 0) is 4.79 Å². The summed E-state index contributed by atoms with van der Waals surface area (Å²) in [5.74, 6) is 0.645. The van der Waals surface area contributed by atoms with Gasteiger partial charge in [0.15, 0.2) is 11.0 Å². The molecule has 0 bridgehead atoms. The zero-order valence-corrected chi connectivity index (χ0v) is 19.3. The molecule has 1 atom stereocenters. The molecule has 0 unspecified atom stereocenters. The predicted octanol–water partition coefficient (Wildman–Crippen LogP) is 4.70. The van der Waals surface area contributed by atoms with Crippen molar-refractivity contribution < 1.29 is 4.79 Å². The summed E-state index contributed by atoms with van der Waals surface area (Å²) >= 11 is 1.31. The van der Waals surface area contributed by atoms with Gasteiger partial charge in [-0.3, -0.25) is 9.36 Å². The van der Waals surface area contributed by atoms with Crippen molar-refractivity contribution in [2.75, 3.05) is 5.75 Å². The van der Waals surface area contributed by atoms with E-state index in [0.717, 1.165) is 17.1 Å². The quantitative estimate of drug-likeness (QED) is 0.546. The number of aromatic nitrogens is 3. The van der Waals surface area contributed by atoms with Crippen molar-refractivity contribution in [1.29, 1.82) is 5.26 Å². The Kier molecular flexibility index (Phi) is 6.81. The molecule has 1 aromatic heterocycles. The number of carbonyl (C=O) groups is 1. The number of rotatable bonds is 7. The molecule has 0 radical (unpaired) electrons. The SMILES string of the molecule is Cc1ccc(-n2c(SCC(=O)N[C@@](C)(C#N)C(C)C)nnc2-c2ccccc2)cc1C. The van der Waals surface area contributed by atoms with E-state index in [1.54, 1.807) is 6.92 Å². The molecule has 0 saturated carbocycles. The zero-order chi connectivity index (χ0) is 22.6. The number of thioether (sulfide) groups is 1. The van der Waals surface area contributed by atoms with Gasteiger partial charge in [-0.1, -0.05) is 62.0 Å². The molecule has 0 aliphatic carbocycles. The molecule has 6 nitrogen and oxygen atoms in total. The van der Waals surface area contributed by atoms with Crippen LogP contribution < -0.4 is 5.32 Å². The van der Waals surface area contributed by atoms with E-state index in [2.05, 4.69) is 47.6 Å². The van der Waals surface area contributed by atoms with Crippen LogP contribution >= 0.6 is 11.8 Å². The first-order chi connectivity index (χ1) is 14.7. The number of nitriles is 1. The van der Waals surface area contributed by atoms with Crippen LogP contribution in [0.4, 0.5) is 0 Å². The monoisotopic (exact) mass is 433 g/mol. The van der Waals surface area contributed by atoms with Crippen molar-refractivity contribution in [3.8, 4) is 23.1 Å². The topological polar surface area (TPSA) is 83.6 Å². The highest BCUT2D eigenvalue weighted by Gasteiger charge is 2.30. The van der Waals surface area contributed by atoms with Crippen LogP contribution in [0.1, 0.15) is 31.9 Å². The molecule has 0 spiro atoms. The van der Waals surface area contributed by atoms with E-state index in [4.69, 9.17) is 0 Å². The van der Waals surface area contributed by atoms with Crippen LogP contribution in [0.2, 0.25) is 0 Å². The summed E-state index contributed by atoms with van der Waals surface area (Å²) in [7, 11) is 0. The average Bonchev–Trinajstić information content (AvgIpc) is 3.18. The van der Waals surface area contributed by atoms with Crippen molar-refractivity contribution >= 4 is 17.7 Å². The number of hydrogen-bond donors (Lipinski definition) is 1. The summed E-state index contributed by atoms with van der Waals surface area (Å²) in [5, 5.41) is 21.7. The number of nitrogens with one attached hydrogen (secondary N) is 1. The number of nitrogens with zero attached hydrogens (tertiary/aromatic N) is 4. The van der Waals surface area contributed by atoms with Gasteiger partial charge >= 0.3 is 0 Å². The van der Waals surface area contributed by atoms with Crippen molar-refractivity contribution in [2.24, 2.45) is 5.92 Å². The second-order valence-corrected chi connectivity index (χ2v) is 9.02. The second-order valence-electron chi connectivity index (χ2n) is 8.08. The minimum absolute atomic E-state index is 0.00433. The Morgan fingerprint density at radius 3 is 2.48 bits per heavy atom. The van der Waals surface area contributed by atoms with Gasteiger partial charge in [0.1, 0.15) is 5.54 Å². The van der Waals surface area contributed by atoms with Gasteiger partial charge in [0.05, 0.1) is 17.5 Å². The fourth-order valence-electron chi connectivity index (χ4n) is 2.99. The third-order valence-electron chi connectivity index (χ3n) is 5.53. The van der Waals surface area contributed by atoms with Crippen LogP contribution in [0.15, 0.2) is 53.7 Å². The molecular formula is C24H27N5OS. The van der Waals surface area contributed by atoms with E-state index in [9.17, 15) is 10.1 Å². The fraction of sp³-hybridized carbons (Fsp3) is 0.333. The molecule has 0 aliphatic rings. The van der Waals surface area contributed by atoms with Gasteiger partial charge in [-0.2, -0.15) is 5.26 Å². The van der Waals surface area contributed by atoms with E-state index in [1.807, 2.05) is 54.8 Å². The Balaban J connectivity index is 1.92. The molecule has 7 heteroatoms. The molecule has 0 fully saturated rings. The van der Waals surface area contributed by atoms with Gasteiger partial charge in [0, 0.05) is 5.56 Å². The van der Waals surface area contributed by atoms with Crippen LogP contribution in [0, 0.1) is 31.1 Å². The number of carbonyl (C=O) groups excluding carboxylic acids is 1. The Labute approximate surface area is 187 Å². The standard InChI is InChI=1S/C24H27N5OS/c1-16(2)24(5,15-25)26-21(30)14-31-23-28-27-22(19-9-7-6-8-10-19)29(23)20-12-11-17(3)18(4)13-20/h6-13,16H,14H2,1-5H3,(H,26,30)/t24-/m0/s1. The van der Waals surface area contributed by atoms with Crippen molar-refractivity contribution in [2.45, 2.75) is 45.3 Å². The normalized spacial score (nSPS) is 12.9. The average molecular weight is 434 g/mol. The van der Waals surface area contributed by atoms with E-state index in [0.29, 0.717) is 5.16 Å². The maximum Gasteiger partial charge on any atom is 0.231 e.